The van der Waals surface area contributed by atoms with Crippen LogP contribution < -0.4 is 0 Å². The summed E-state index contributed by atoms with van der Waals surface area (Å²) in [5.41, 5.74) is 0. The Morgan fingerprint density at radius 3 is 0.559 bits per heavy atom. The van der Waals surface area contributed by atoms with Crippen LogP contribution in [0.5, 0.6) is 0 Å². The van der Waals surface area contributed by atoms with Gasteiger partial charge in [-0.2, -0.15) is 0 Å². The molecule has 0 aliphatic heterocycles. The summed E-state index contributed by atoms with van der Waals surface area (Å²) in [5, 5.41) is 0. The van der Waals surface area contributed by atoms with Crippen LogP contribution in [0.2, 0.25) is 0 Å². The van der Waals surface area contributed by atoms with Crippen molar-refractivity contribution in [3.8, 4) is 0 Å². The quantitative estimate of drug-likeness (QED) is 0.111. The lowest BCUT2D eigenvalue weighted by atomic mass is 10.6. The molecule has 0 radical (unpaired) electrons. The van der Waals surface area contributed by atoms with Crippen molar-refractivity contribution in [3.05, 3.63) is 0 Å². The lowest BCUT2D eigenvalue weighted by molar-refractivity contribution is 0.424. The van der Waals surface area contributed by atoms with Gasteiger partial charge in [-0.05, 0) is 57.8 Å². The minimum Gasteiger partial charge on any atom is -0.205 e. The van der Waals surface area contributed by atoms with E-state index in [2.05, 4.69) is 67.2 Å². The van der Waals surface area contributed by atoms with Gasteiger partial charge < -0.3 is 0 Å². The summed E-state index contributed by atoms with van der Waals surface area (Å²) >= 11 is 0. The van der Waals surface area contributed by atoms with Crippen LogP contribution >= 0.6 is 21.8 Å². The van der Waals surface area contributed by atoms with Gasteiger partial charge in [-0.15, -0.1) is 0 Å². The molecule has 0 aromatic carbocycles. The van der Waals surface area contributed by atoms with E-state index in [9.17, 15) is 0 Å². The minimum absolute atomic E-state index is 0.877. The van der Waals surface area contributed by atoms with Gasteiger partial charge in [0.2, 0.25) is 0 Å². The van der Waals surface area contributed by atoms with Crippen LogP contribution in [0.3, 0.4) is 0 Å². The summed E-state index contributed by atoms with van der Waals surface area (Å²) in [6, 6.07) is 0. The normalized spacial score (nSPS) is 13.2. The largest absolute Gasteiger partial charge is 0.205 e. The van der Waals surface area contributed by atoms with Crippen molar-refractivity contribution in [2.24, 2.45) is 0 Å². The van der Waals surface area contributed by atoms with Gasteiger partial charge in [-0.1, -0.05) is 62.3 Å². The van der Waals surface area contributed by atoms with E-state index >= 15 is 0 Å². The first-order valence-electron chi connectivity index (χ1n) is 15.6. The molecule has 4 heteroatoms. The summed E-state index contributed by atoms with van der Waals surface area (Å²) in [5.74, 6) is 0. The Morgan fingerprint density at radius 2 is 0.441 bits per heavy atom. The maximum absolute atomic E-state index is 3.23. The Hall–Kier alpha value is 1.25. The van der Waals surface area contributed by atoms with Crippen LogP contribution in [0, 0.1) is 0 Å². The molecule has 0 unspecified atom stereocenters. The third-order valence-corrected chi connectivity index (χ3v) is 23.3. The molecular weight excluding hydrogens is 467 g/mol. The predicted molar refractivity (Wildman–Crippen MR) is 174 cm³/mol. The van der Waals surface area contributed by atoms with E-state index < -0.39 is 21.8 Å². The van der Waals surface area contributed by atoms with Crippen molar-refractivity contribution in [3.63, 3.8) is 0 Å². The van der Waals surface area contributed by atoms with Gasteiger partial charge in [0.15, 0.2) is 0 Å². The molecule has 0 aliphatic carbocycles. The molecule has 206 valence electrons. The summed E-state index contributed by atoms with van der Waals surface area (Å²) < 4.78 is 0. The first-order chi connectivity index (χ1) is 16.3. The van der Waals surface area contributed by atoms with Crippen LogP contribution in [-0.4, -0.2) is 79.2 Å². The summed E-state index contributed by atoms with van der Waals surface area (Å²) in [7, 11) is -2.63. The molecule has 0 saturated heterocycles. The highest BCUT2D eigenvalue weighted by atomic mass is 31.2. The van der Waals surface area contributed by atoms with Gasteiger partial charge in [0.05, 0.1) is 55.5 Å². The summed E-state index contributed by atoms with van der Waals surface area (Å²) in [6.45, 7) is 22.2. The van der Waals surface area contributed by atoms with Gasteiger partial charge in [-0.25, -0.2) is 4.90 Å². The Bertz CT molecular complexity index is 350. The maximum atomic E-state index is 3.23. The molecule has 0 N–H and O–H groups in total. The monoisotopic (exact) mass is 536 g/mol. The van der Waals surface area contributed by atoms with Gasteiger partial charge in [-0.3, -0.25) is 0 Å². The van der Waals surface area contributed by atoms with Crippen molar-refractivity contribution in [2.45, 2.75) is 120 Å². The standard InChI is InChI=1S/C30H69NP3/c1-10-19-32(20-11-2,21-12-3)28-31(29-33(22-13-4,23-14-5)24-15-6)30-34(25-16-7,26-17-8)27-18-9/h10-30H2,1-9H3/q+3. The van der Waals surface area contributed by atoms with Gasteiger partial charge in [0.25, 0.3) is 0 Å². The van der Waals surface area contributed by atoms with Gasteiger partial charge in [0.1, 0.15) is 18.9 Å². The van der Waals surface area contributed by atoms with E-state index in [4.69, 9.17) is 0 Å². The summed E-state index contributed by atoms with van der Waals surface area (Å²) in [6.07, 6.45) is 31.1. The zero-order valence-electron chi connectivity index (χ0n) is 25.6. The van der Waals surface area contributed by atoms with Crippen LogP contribution in [0.25, 0.3) is 0 Å². The minimum atomic E-state index is -0.877. The van der Waals surface area contributed by atoms with E-state index in [1.165, 1.54) is 76.6 Å². The van der Waals surface area contributed by atoms with Crippen molar-refractivity contribution < 1.29 is 0 Å². The molecular formula is C30H69NP3+3. The second-order valence-electron chi connectivity index (χ2n) is 11.6. The fraction of sp³-hybridized carbons (Fsp3) is 1.00. The number of nitrogens with zero attached hydrogens (tertiary/aromatic N) is 1. The molecule has 0 aromatic heterocycles. The Labute approximate surface area is 220 Å². The van der Waals surface area contributed by atoms with Crippen molar-refractivity contribution in [2.75, 3.05) is 74.3 Å². The molecule has 0 heterocycles. The molecule has 1 nitrogen and oxygen atoms in total. The second kappa shape index (κ2) is 20.2. The summed E-state index contributed by atoms with van der Waals surface area (Å²) in [4.78, 5) is 3.23. The number of rotatable bonds is 24. The van der Waals surface area contributed by atoms with E-state index in [0.29, 0.717) is 0 Å². The highest BCUT2D eigenvalue weighted by Gasteiger charge is 2.46. The van der Waals surface area contributed by atoms with Crippen LogP contribution in [0.1, 0.15) is 120 Å². The lowest BCUT2D eigenvalue weighted by Gasteiger charge is -2.39. The third-order valence-electron chi connectivity index (χ3n) is 7.78. The zero-order valence-corrected chi connectivity index (χ0v) is 28.3. The number of hydrogen-bond donors (Lipinski definition) is 0. The van der Waals surface area contributed by atoms with Crippen LogP contribution in [-0.2, 0) is 0 Å². The topological polar surface area (TPSA) is 3.24 Å². The average molecular weight is 537 g/mol. The zero-order chi connectivity index (χ0) is 25.9. The third kappa shape index (κ3) is 12.7. The van der Waals surface area contributed by atoms with E-state index in [0.717, 1.165) is 0 Å². The molecule has 0 aromatic rings. The van der Waals surface area contributed by atoms with E-state index in [-0.39, 0.29) is 0 Å². The van der Waals surface area contributed by atoms with Gasteiger partial charge >= 0.3 is 0 Å². The van der Waals surface area contributed by atoms with Crippen molar-refractivity contribution >= 4 is 21.8 Å². The van der Waals surface area contributed by atoms with E-state index in [1.807, 2.05) is 0 Å². The molecule has 0 atom stereocenters. The van der Waals surface area contributed by atoms with Gasteiger partial charge in [0, 0.05) is 21.8 Å². The molecule has 0 fully saturated rings. The molecule has 0 bridgehead atoms. The van der Waals surface area contributed by atoms with Crippen LogP contribution in [0.15, 0.2) is 0 Å². The Morgan fingerprint density at radius 1 is 0.294 bits per heavy atom. The van der Waals surface area contributed by atoms with Crippen molar-refractivity contribution in [1.29, 1.82) is 0 Å². The van der Waals surface area contributed by atoms with E-state index in [1.54, 1.807) is 55.5 Å². The molecule has 0 spiro atoms. The molecule has 0 amide bonds. The van der Waals surface area contributed by atoms with Crippen LogP contribution in [0.4, 0.5) is 0 Å². The molecule has 0 rings (SSSR count). The predicted octanol–water partition coefficient (Wildman–Crippen LogP) is 10.9. The highest BCUT2D eigenvalue weighted by Crippen LogP contribution is 2.68. The maximum Gasteiger partial charge on any atom is 0.117 e. The lowest BCUT2D eigenvalue weighted by Crippen LogP contribution is -2.36. The smallest absolute Gasteiger partial charge is 0.117 e. The fourth-order valence-electron chi connectivity index (χ4n) is 7.32. The molecule has 0 saturated carbocycles. The second-order valence-corrected chi connectivity index (χ2v) is 24.6. The first-order valence-corrected chi connectivity index (χ1v) is 23.2. The first kappa shape index (κ1) is 35.2. The fourth-order valence-corrected chi connectivity index (χ4v) is 22.8. The average Bonchev–Trinajstić information content (AvgIpc) is 2.75. The number of hydrogen-bond acceptors (Lipinski definition) is 1. The van der Waals surface area contributed by atoms with Crippen molar-refractivity contribution in [1.82, 2.24) is 4.90 Å². The highest BCUT2D eigenvalue weighted by molar-refractivity contribution is 7.77. The Kier molecular flexibility index (Phi) is 21.0. The Balaban J connectivity index is 6.41. The molecule has 0 aliphatic rings. The molecule has 34 heavy (non-hydrogen) atoms. The SMILES string of the molecule is CCC[P+](CCC)(CCC)CN(C[P+](CCC)(CCC)CCC)C[P+](CCC)(CCC)CCC.